The van der Waals surface area contributed by atoms with Crippen LogP contribution in [-0.4, -0.2) is 6.61 Å². The Morgan fingerprint density at radius 1 is 0.375 bits per heavy atom. The Bertz CT molecular complexity index is 3040. The van der Waals surface area contributed by atoms with E-state index < -0.39 is 16.4 Å². The molecule has 390 valence electrons. The molecule has 0 amide bonds. The highest BCUT2D eigenvalue weighted by atomic mass is 31.1. The molecular formula is C64H89NO5P2. The van der Waals surface area contributed by atoms with Crippen molar-refractivity contribution in [2.75, 3.05) is 11.7 Å². The van der Waals surface area contributed by atoms with Gasteiger partial charge in [-0.05, 0) is 95.4 Å². The van der Waals surface area contributed by atoms with Gasteiger partial charge in [-0.1, -0.05) is 221 Å². The van der Waals surface area contributed by atoms with Crippen molar-refractivity contribution < 1.29 is 21.3 Å². The first-order valence-corrected chi connectivity index (χ1v) is 28.5. The van der Waals surface area contributed by atoms with Gasteiger partial charge in [0.05, 0.1) is 12.6 Å². The lowest BCUT2D eigenvalue weighted by Gasteiger charge is -2.27. The molecule has 0 aliphatic heterocycles. The SMILES string of the molecule is CC(C)(C)c1cc(C(C)(C)C)c2op(N[C@H](COp3oc4c(C(C)(C)C)cc(C(C)(C)C)cc4c4cc(C(C)(C)C)cc(C(C)(C)C)c4o3)c3ccccc3)oc3c(C(C)(C)C)cc(C(C)(C)C)cc3c2c1. The second-order valence-corrected chi connectivity index (χ2v) is 31.0. The highest BCUT2D eigenvalue weighted by Gasteiger charge is 2.32. The van der Waals surface area contributed by atoms with Gasteiger partial charge in [-0.3, -0.25) is 4.52 Å². The summed E-state index contributed by atoms with van der Waals surface area (Å²) in [7, 11) is -3.83. The van der Waals surface area contributed by atoms with Crippen LogP contribution in [0.2, 0.25) is 0 Å². The fraction of sp³-hybridized carbons (Fsp3) is 0.531. The van der Waals surface area contributed by atoms with Crippen molar-refractivity contribution in [2.45, 2.75) is 216 Å². The van der Waals surface area contributed by atoms with E-state index in [-0.39, 0.29) is 56.0 Å². The maximum absolute atomic E-state index is 7.42. The van der Waals surface area contributed by atoms with Gasteiger partial charge in [0.15, 0.2) is 0 Å². The summed E-state index contributed by atoms with van der Waals surface area (Å²) in [6.45, 7) is 55.0. The van der Waals surface area contributed by atoms with Gasteiger partial charge in [0, 0.05) is 43.8 Å². The van der Waals surface area contributed by atoms with Crippen molar-refractivity contribution in [1.29, 1.82) is 0 Å². The topological polar surface area (TPSA) is 73.8 Å². The molecule has 0 bridgehead atoms. The fourth-order valence-corrected chi connectivity index (χ4v) is 11.7. The molecule has 0 fully saturated rings. The number of hydrogen-bond donors (Lipinski definition) is 1. The molecule has 72 heavy (non-hydrogen) atoms. The number of fused-ring (bicyclic) bond motifs is 6. The maximum atomic E-state index is 7.42. The molecule has 0 aliphatic rings. The summed E-state index contributed by atoms with van der Waals surface area (Å²) in [5.41, 5.74) is 12.6. The molecular weight excluding hydrogens is 925 g/mol. The number of benzene rings is 5. The van der Waals surface area contributed by atoms with Crippen molar-refractivity contribution in [2.24, 2.45) is 0 Å². The van der Waals surface area contributed by atoms with Crippen LogP contribution in [0.25, 0.3) is 43.9 Å². The Hall–Kier alpha value is -4.18. The van der Waals surface area contributed by atoms with E-state index in [1.807, 2.05) is 0 Å². The Morgan fingerprint density at radius 2 is 0.653 bits per heavy atom. The van der Waals surface area contributed by atoms with Gasteiger partial charge in [-0.15, -0.1) is 0 Å². The molecule has 0 saturated carbocycles. The highest BCUT2D eigenvalue weighted by Crippen LogP contribution is 2.48. The Kier molecular flexibility index (Phi) is 14.6. The van der Waals surface area contributed by atoms with Crippen LogP contribution in [0.4, 0.5) is 0 Å². The molecule has 7 rings (SSSR count). The Labute approximate surface area is 435 Å². The van der Waals surface area contributed by atoms with E-state index in [0.717, 1.165) is 71.7 Å². The largest absolute Gasteiger partial charge is 0.408 e. The van der Waals surface area contributed by atoms with E-state index in [2.05, 4.69) is 250 Å². The van der Waals surface area contributed by atoms with Gasteiger partial charge in [-0.2, -0.15) is 0 Å². The lowest BCUT2D eigenvalue weighted by Crippen LogP contribution is -2.17. The van der Waals surface area contributed by atoms with Crippen LogP contribution in [0, 0.1) is 0 Å². The average Bonchev–Trinajstić information content (AvgIpc) is 3.48. The minimum Gasteiger partial charge on any atom is -0.408 e. The summed E-state index contributed by atoms with van der Waals surface area (Å²) >= 11 is 0. The molecule has 0 saturated heterocycles. The first-order chi connectivity index (χ1) is 32.7. The summed E-state index contributed by atoms with van der Waals surface area (Å²) in [5.74, 6) is 0. The van der Waals surface area contributed by atoms with Gasteiger partial charge in [-0.25, -0.2) is 5.09 Å². The van der Waals surface area contributed by atoms with E-state index in [0.29, 0.717) is 0 Å². The molecule has 2 heterocycles. The van der Waals surface area contributed by atoms with Gasteiger partial charge >= 0.3 is 16.4 Å². The van der Waals surface area contributed by atoms with Gasteiger partial charge in [0.25, 0.3) is 0 Å². The van der Waals surface area contributed by atoms with E-state index in [9.17, 15) is 0 Å². The zero-order chi connectivity index (χ0) is 53.7. The average molecular weight is 1010 g/mol. The quantitative estimate of drug-likeness (QED) is 0.179. The lowest BCUT2D eigenvalue weighted by molar-refractivity contribution is 0.352. The summed E-state index contributed by atoms with van der Waals surface area (Å²) in [6.07, 6.45) is 0. The van der Waals surface area contributed by atoms with Gasteiger partial charge in [0.1, 0.15) is 22.3 Å². The highest BCUT2D eigenvalue weighted by molar-refractivity contribution is 7.38. The van der Waals surface area contributed by atoms with Crippen molar-refractivity contribution >= 4 is 60.3 Å². The van der Waals surface area contributed by atoms with Crippen LogP contribution in [0.3, 0.4) is 0 Å². The molecule has 0 unspecified atom stereocenters. The molecule has 0 aliphatic carbocycles. The smallest absolute Gasteiger partial charge is 0.387 e. The molecule has 0 spiro atoms. The van der Waals surface area contributed by atoms with Crippen molar-refractivity contribution in [3.05, 3.63) is 129 Å². The lowest BCUT2D eigenvalue weighted by atomic mass is 9.77. The number of nitrogens with one attached hydrogen (secondary N) is 1. The van der Waals surface area contributed by atoms with E-state index in [1.165, 1.54) is 22.3 Å². The first-order valence-electron chi connectivity index (χ1n) is 26.3. The monoisotopic (exact) mass is 1010 g/mol. The second-order valence-electron chi connectivity index (χ2n) is 28.8. The zero-order valence-electron chi connectivity index (χ0n) is 48.7. The third-order valence-electron chi connectivity index (χ3n) is 14.1. The van der Waals surface area contributed by atoms with Crippen LogP contribution in [0.1, 0.15) is 222 Å². The predicted octanol–water partition coefficient (Wildman–Crippen LogP) is 20.7. The zero-order valence-corrected chi connectivity index (χ0v) is 50.5. The van der Waals surface area contributed by atoms with Gasteiger partial charge < -0.3 is 16.8 Å². The third kappa shape index (κ3) is 11.8. The maximum Gasteiger partial charge on any atom is 0.387 e. The molecule has 1 atom stereocenters. The second kappa shape index (κ2) is 18.9. The molecule has 2 aromatic heterocycles. The summed E-state index contributed by atoms with van der Waals surface area (Å²) in [5, 5.41) is 8.16. The minimum absolute atomic E-state index is 0.106. The summed E-state index contributed by atoms with van der Waals surface area (Å²) in [6, 6.07) is 28.9. The Balaban J connectivity index is 1.54. The summed E-state index contributed by atoms with van der Waals surface area (Å²) < 4.78 is 36.5. The van der Waals surface area contributed by atoms with Crippen LogP contribution in [-0.2, 0) is 43.3 Å². The number of rotatable bonds is 6. The minimum atomic E-state index is -2.00. The molecule has 6 nitrogen and oxygen atoms in total. The van der Waals surface area contributed by atoms with Crippen molar-refractivity contribution in [1.82, 2.24) is 0 Å². The molecule has 0 radical (unpaired) electrons. The van der Waals surface area contributed by atoms with Crippen LogP contribution < -0.4 is 9.61 Å². The third-order valence-corrected chi connectivity index (χ3v) is 16.4. The molecule has 5 aromatic carbocycles. The number of hydrogen-bond acceptors (Lipinski definition) is 6. The Morgan fingerprint density at radius 3 is 0.917 bits per heavy atom. The van der Waals surface area contributed by atoms with Crippen molar-refractivity contribution in [3.63, 3.8) is 0 Å². The van der Waals surface area contributed by atoms with Crippen LogP contribution in [0.5, 0.6) is 0 Å². The standard InChI is InChI=1S/C64H89NO5P2/c1-57(2,3)40-30-44-45-31-41(58(4,5)6)35-49(62(16,17)18)54(45)68-71(67-53(44)48(34-40)61(13,14)15)65-52(39-28-26-25-27-29-39)38-66-72-69-55-46(32-42(59(7,8)9)36-50(55)63(19,20)21)47-33-43(60(10,11)12)37-51(56(47)70-72)64(22,23)24/h25-37,52,65H,38H2,1-24H3/t52-/m1/s1. The molecule has 7 aromatic rings. The predicted molar refractivity (Wildman–Crippen MR) is 312 cm³/mol. The van der Waals surface area contributed by atoms with Crippen LogP contribution in [0.15, 0.2) is 95.6 Å². The summed E-state index contributed by atoms with van der Waals surface area (Å²) in [4.78, 5) is 0. The van der Waals surface area contributed by atoms with E-state index in [1.54, 1.807) is 0 Å². The molecule has 8 heteroatoms. The molecule has 1 N–H and O–H groups in total. The van der Waals surface area contributed by atoms with E-state index in [4.69, 9.17) is 21.3 Å². The van der Waals surface area contributed by atoms with Crippen LogP contribution >= 0.6 is 16.4 Å². The normalized spacial score (nSPS) is 14.2. The fourth-order valence-electron chi connectivity index (χ4n) is 9.28. The van der Waals surface area contributed by atoms with E-state index >= 15 is 0 Å². The van der Waals surface area contributed by atoms with Crippen molar-refractivity contribution in [3.8, 4) is 0 Å². The van der Waals surface area contributed by atoms with Gasteiger partial charge in [0.2, 0.25) is 0 Å². The first kappa shape index (κ1) is 55.6.